The maximum atomic E-state index is 12.8. The summed E-state index contributed by atoms with van der Waals surface area (Å²) >= 11 is 0. The summed E-state index contributed by atoms with van der Waals surface area (Å²) in [5.41, 5.74) is -0.937. The van der Waals surface area contributed by atoms with Gasteiger partial charge in [-0.3, -0.25) is 0 Å². The summed E-state index contributed by atoms with van der Waals surface area (Å²) in [6, 6.07) is 0.954. The SMILES string of the molecule is CNc1nc(NCC2CCN(C)CC2)cc(C(F)(F)F)n1. The lowest BCUT2D eigenvalue weighted by Crippen LogP contribution is -2.33. The van der Waals surface area contributed by atoms with Gasteiger partial charge in [-0.1, -0.05) is 0 Å². The van der Waals surface area contributed by atoms with Gasteiger partial charge in [0.05, 0.1) is 0 Å². The number of hydrogen-bond donors (Lipinski definition) is 2. The molecule has 21 heavy (non-hydrogen) atoms. The van der Waals surface area contributed by atoms with Gasteiger partial charge in [-0.05, 0) is 38.9 Å². The van der Waals surface area contributed by atoms with Crippen molar-refractivity contribution in [1.29, 1.82) is 0 Å². The van der Waals surface area contributed by atoms with Crippen LogP contribution in [0, 0.1) is 5.92 Å². The Balaban J connectivity index is 2.02. The van der Waals surface area contributed by atoms with E-state index < -0.39 is 11.9 Å². The minimum absolute atomic E-state index is 0.0318. The minimum atomic E-state index is -4.47. The number of nitrogens with zero attached hydrogens (tertiary/aromatic N) is 3. The number of likely N-dealkylation sites (tertiary alicyclic amines) is 1. The second-order valence-corrected chi connectivity index (χ2v) is 5.34. The zero-order valence-corrected chi connectivity index (χ0v) is 12.2. The Morgan fingerprint density at radius 3 is 2.52 bits per heavy atom. The second-order valence-electron chi connectivity index (χ2n) is 5.34. The third-order valence-electron chi connectivity index (χ3n) is 3.65. The summed E-state index contributed by atoms with van der Waals surface area (Å²) in [5.74, 6) is 0.639. The monoisotopic (exact) mass is 303 g/mol. The fourth-order valence-corrected chi connectivity index (χ4v) is 2.31. The molecule has 0 radical (unpaired) electrons. The summed E-state index contributed by atoms with van der Waals surface area (Å²) in [6.07, 6.45) is -2.39. The zero-order valence-electron chi connectivity index (χ0n) is 12.2. The normalized spacial score (nSPS) is 17.8. The Labute approximate surface area is 122 Å². The van der Waals surface area contributed by atoms with E-state index >= 15 is 0 Å². The summed E-state index contributed by atoms with van der Waals surface area (Å²) < 4.78 is 38.3. The van der Waals surface area contributed by atoms with E-state index in [0.29, 0.717) is 12.5 Å². The number of anilines is 2. The highest BCUT2D eigenvalue weighted by Gasteiger charge is 2.33. The summed E-state index contributed by atoms with van der Waals surface area (Å²) in [4.78, 5) is 9.71. The molecular formula is C13H20F3N5. The van der Waals surface area contributed by atoms with Crippen LogP contribution in [0.5, 0.6) is 0 Å². The van der Waals surface area contributed by atoms with Crippen LogP contribution < -0.4 is 10.6 Å². The molecule has 0 atom stereocenters. The Hall–Kier alpha value is -1.57. The van der Waals surface area contributed by atoms with Gasteiger partial charge in [-0.2, -0.15) is 18.2 Å². The first-order valence-electron chi connectivity index (χ1n) is 6.95. The molecule has 0 bridgehead atoms. The molecule has 0 saturated carbocycles. The van der Waals surface area contributed by atoms with Crippen molar-refractivity contribution in [3.8, 4) is 0 Å². The molecule has 5 nitrogen and oxygen atoms in total. The highest BCUT2D eigenvalue weighted by Crippen LogP contribution is 2.29. The Kier molecular flexibility index (Phi) is 4.87. The van der Waals surface area contributed by atoms with E-state index in [0.717, 1.165) is 32.0 Å². The van der Waals surface area contributed by atoms with Crippen molar-refractivity contribution in [3.63, 3.8) is 0 Å². The Bertz CT molecular complexity index is 469. The highest BCUT2D eigenvalue weighted by atomic mass is 19.4. The highest BCUT2D eigenvalue weighted by molar-refractivity contribution is 5.42. The van der Waals surface area contributed by atoms with E-state index in [1.807, 2.05) is 0 Å². The molecule has 2 N–H and O–H groups in total. The molecule has 118 valence electrons. The Morgan fingerprint density at radius 2 is 1.95 bits per heavy atom. The molecule has 8 heteroatoms. The standard InChI is InChI=1S/C13H20F3N5/c1-17-12-19-10(13(14,15)16)7-11(20-12)18-8-9-3-5-21(2)6-4-9/h7,9H,3-6,8H2,1-2H3,(H2,17,18,19,20). The van der Waals surface area contributed by atoms with Crippen LogP contribution in [0.2, 0.25) is 0 Å². The number of hydrogen-bond acceptors (Lipinski definition) is 5. The molecule has 1 saturated heterocycles. The minimum Gasteiger partial charge on any atom is -0.370 e. The molecule has 0 spiro atoms. The summed E-state index contributed by atoms with van der Waals surface area (Å²) in [6.45, 7) is 2.67. The first kappa shape index (κ1) is 15.8. The molecule has 1 aromatic rings. The number of halogens is 3. The number of alkyl halides is 3. The smallest absolute Gasteiger partial charge is 0.370 e. The van der Waals surface area contributed by atoms with Crippen molar-refractivity contribution in [2.24, 2.45) is 5.92 Å². The molecule has 1 aliphatic rings. The summed E-state index contributed by atoms with van der Waals surface area (Å²) in [5, 5.41) is 5.56. The molecule has 2 heterocycles. The van der Waals surface area contributed by atoms with Crippen molar-refractivity contribution in [2.75, 3.05) is 44.4 Å². The molecule has 0 amide bonds. The van der Waals surface area contributed by atoms with Crippen LogP contribution in [0.3, 0.4) is 0 Å². The van der Waals surface area contributed by atoms with Gasteiger partial charge in [-0.15, -0.1) is 0 Å². The van der Waals surface area contributed by atoms with E-state index in [-0.39, 0.29) is 11.8 Å². The van der Waals surface area contributed by atoms with Crippen molar-refractivity contribution < 1.29 is 13.2 Å². The zero-order chi connectivity index (χ0) is 15.5. The van der Waals surface area contributed by atoms with Gasteiger partial charge in [0.15, 0.2) is 5.69 Å². The molecule has 1 aliphatic heterocycles. The number of aromatic nitrogens is 2. The molecule has 2 rings (SSSR count). The quantitative estimate of drug-likeness (QED) is 0.894. The largest absolute Gasteiger partial charge is 0.433 e. The van der Waals surface area contributed by atoms with E-state index in [9.17, 15) is 13.2 Å². The lowest BCUT2D eigenvalue weighted by Gasteiger charge is -2.29. The third-order valence-corrected chi connectivity index (χ3v) is 3.65. The maximum absolute atomic E-state index is 12.8. The van der Waals surface area contributed by atoms with Crippen molar-refractivity contribution >= 4 is 11.8 Å². The van der Waals surface area contributed by atoms with Crippen molar-refractivity contribution in [2.45, 2.75) is 19.0 Å². The first-order chi connectivity index (χ1) is 9.88. The van der Waals surface area contributed by atoms with Gasteiger partial charge in [0.2, 0.25) is 5.95 Å². The van der Waals surface area contributed by atoms with Crippen LogP contribution in [0.1, 0.15) is 18.5 Å². The second kappa shape index (κ2) is 6.46. The topological polar surface area (TPSA) is 53.1 Å². The van der Waals surface area contributed by atoms with Gasteiger partial charge in [0, 0.05) is 19.7 Å². The van der Waals surface area contributed by atoms with E-state index in [2.05, 4.69) is 32.5 Å². The van der Waals surface area contributed by atoms with Crippen molar-refractivity contribution in [1.82, 2.24) is 14.9 Å². The number of nitrogens with one attached hydrogen (secondary N) is 2. The average Bonchev–Trinajstić information content (AvgIpc) is 2.45. The molecule has 1 fully saturated rings. The van der Waals surface area contributed by atoms with E-state index in [1.165, 1.54) is 7.05 Å². The van der Waals surface area contributed by atoms with Crippen LogP contribution in [0.25, 0.3) is 0 Å². The van der Waals surface area contributed by atoms with Gasteiger partial charge in [0.25, 0.3) is 0 Å². The molecule has 0 unspecified atom stereocenters. The maximum Gasteiger partial charge on any atom is 0.433 e. The first-order valence-corrected chi connectivity index (χ1v) is 6.95. The van der Waals surface area contributed by atoms with Crippen LogP contribution in [-0.4, -0.2) is 48.6 Å². The van der Waals surface area contributed by atoms with E-state index in [1.54, 1.807) is 0 Å². The predicted molar refractivity (Wildman–Crippen MR) is 75.3 cm³/mol. The predicted octanol–water partition coefficient (Wildman–Crippen LogP) is 2.29. The number of piperidine rings is 1. The van der Waals surface area contributed by atoms with Gasteiger partial charge in [-0.25, -0.2) is 4.98 Å². The Morgan fingerprint density at radius 1 is 1.29 bits per heavy atom. The van der Waals surface area contributed by atoms with E-state index in [4.69, 9.17) is 0 Å². The molecule has 0 aliphatic carbocycles. The van der Waals surface area contributed by atoms with Crippen LogP contribution >= 0.6 is 0 Å². The molecule has 1 aromatic heterocycles. The van der Waals surface area contributed by atoms with Gasteiger partial charge < -0.3 is 15.5 Å². The van der Waals surface area contributed by atoms with Gasteiger partial charge in [0.1, 0.15) is 5.82 Å². The molecular weight excluding hydrogens is 283 g/mol. The van der Waals surface area contributed by atoms with Crippen LogP contribution in [-0.2, 0) is 6.18 Å². The molecule has 0 aromatic carbocycles. The fraction of sp³-hybridized carbons (Fsp3) is 0.692. The fourth-order valence-electron chi connectivity index (χ4n) is 2.31. The average molecular weight is 303 g/mol. The lowest BCUT2D eigenvalue weighted by atomic mass is 9.97. The summed E-state index contributed by atoms with van der Waals surface area (Å²) in [7, 11) is 3.57. The van der Waals surface area contributed by atoms with Crippen LogP contribution in [0.15, 0.2) is 6.07 Å². The third kappa shape index (κ3) is 4.45. The van der Waals surface area contributed by atoms with Crippen LogP contribution in [0.4, 0.5) is 24.9 Å². The van der Waals surface area contributed by atoms with Gasteiger partial charge >= 0.3 is 6.18 Å². The lowest BCUT2D eigenvalue weighted by molar-refractivity contribution is -0.141. The van der Waals surface area contributed by atoms with Crippen molar-refractivity contribution in [3.05, 3.63) is 11.8 Å². The number of rotatable bonds is 4.